The van der Waals surface area contributed by atoms with Crippen molar-refractivity contribution in [1.29, 1.82) is 0 Å². The summed E-state index contributed by atoms with van der Waals surface area (Å²) in [5.74, 6) is 2.16. The molecule has 112 valence electrons. The molecule has 1 atom stereocenters. The highest BCUT2D eigenvalue weighted by Gasteiger charge is 2.16. The second kappa shape index (κ2) is 7.59. The highest BCUT2D eigenvalue weighted by Crippen LogP contribution is 2.16. The maximum absolute atomic E-state index is 12.0. The number of thioether (sulfide) groups is 1. The Kier molecular flexibility index (Phi) is 5.78. The lowest BCUT2D eigenvalue weighted by Gasteiger charge is -2.22. The van der Waals surface area contributed by atoms with Crippen LogP contribution in [0.5, 0.6) is 0 Å². The zero-order valence-corrected chi connectivity index (χ0v) is 13.0. The van der Waals surface area contributed by atoms with Crippen molar-refractivity contribution in [3.05, 3.63) is 30.6 Å². The molecule has 0 aliphatic carbocycles. The molecule has 1 aromatic carbocycles. The molecule has 1 saturated heterocycles. The van der Waals surface area contributed by atoms with Crippen LogP contribution in [0.4, 0.5) is 5.69 Å². The Morgan fingerprint density at radius 2 is 2.14 bits per heavy atom. The minimum Gasteiger partial charge on any atom is -0.326 e. The molecule has 0 radical (unpaired) electrons. The Bertz CT molecular complexity index is 619. The van der Waals surface area contributed by atoms with Crippen molar-refractivity contribution in [3.8, 4) is 0 Å². The molecule has 7 heteroatoms. The smallest absolute Gasteiger partial charge is 0.225 e. The van der Waals surface area contributed by atoms with Crippen LogP contribution >= 0.6 is 24.2 Å². The number of hydrogen-bond acceptors (Lipinski definition) is 5. The minimum atomic E-state index is 0. The molecule has 1 aliphatic heterocycles. The van der Waals surface area contributed by atoms with E-state index in [4.69, 9.17) is 0 Å². The quantitative estimate of drug-likeness (QED) is 0.905. The summed E-state index contributed by atoms with van der Waals surface area (Å²) in [5.41, 5.74) is 2.39. The lowest BCUT2D eigenvalue weighted by atomic mass is 10.2. The lowest BCUT2D eigenvalue weighted by molar-refractivity contribution is -0.116. The van der Waals surface area contributed by atoms with E-state index in [9.17, 15) is 4.79 Å². The van der Waals surface area contributed by atoms with Crippen LogP contribution in [0.3, 0.4) is 0 Å². The second-order valence-corrected chi connectivity index (χ2v) is 5.89. The van der Waals surface area contributed by atoms with Gasteiger partial charge in [0.1, 0.15) is 0 Å². The average Bonchev–Trinajstić information content (AvgIpc) is 2.48. The van der Waals surface area contributed by atoms with Gasteiger partial charge < -0.3 is 10.6 Å². The Morgan fingerprint density at radius 1 is 1.33 bits per heavy atom. The van der Waals surface area contributed by atoms with Gasteiger partial charge in [0.15, 0.2) is 0 Å². The van der Waals surface area contributed by atoms with E-state index < -0.39 is 0 Å². The number of carbonyl (C=O) groups excluding carboxylic acids is 1. The summed E-state index contributed by atoms with van der Waals surface area (Å²) in [4.78, 5) is 20.5. The molecule has 2 N–H and O–H groups in total. The fourth-order valence-corrected chi connectivity index (χ4v) is 3.18. The molecule has 1 amide bonds. The largest absolute Gasteiger partial charge is 0.326 e. The summed E-state index contributed by atoms with van der Waals surface area (Å²) in [7, 11) is 0. The van der Waals surface area contributed by atoms with E-state index in [1.54, 1.807) is 12.4 Å². The average molecular weight is 325 g/mol. The molecular formula is C14H17ClN4OS. The van der Waals surface area contributed by atoms with Crippen LogP contribution in [0.25, 0.3) is 11.0 Å². The standard InChI is InChI=1S/C14H16N4OS.ClH/c19-14(8-11-9-20-6-5-15-11)18-10-1-2-12-13(7-10)17-4-3-16-12;/h1-4,7,11,15H,5-6,8-9H2,(H,18,19);1H. The van der Waals surface area contributed by atoms with Gasteiger partial charge in [-0.05, 0) is 18.2 Å². The number of nitrogens with zero attached hydrogens (tertiary/aromatic N) is 2. The molecule has 2 heterocycles. The van der Waals surface area contributed by atoms with Gasteiger partial charge in [0.2, 0.25) is 5.91 Å². The van der Waals surface area contributed by atoms with Gasteiger partial charge >= 0.3 is 0 Å². The van der Waals surface area contributed by atoms with Crippen molar-refractivity contribution < 1.29 is 4.79 Å². The summed E-state index contributed by atoms with van der Waals surface area (Å²) >= 11 is 1.89. The van der Waals surface area contributed by atoms with Gasteiger partial charge in [-0.3, -0.25) is 14.8 Å². The van der Waals surface area contributed by atoms with E-state index >= 15 is 0 Å². The maximum Gasteiger partial charge on any atom is 0.225 e. The van der Waals surface area contributed by atoms with Crippen LogP contribution in [0, 0.1) is 0 Å². The van der Waals surface area contributed by atoms with E-state index in [1.807, 2.05) is 30.0 Å². The van der Waals surface area contributed by atoms with Crippen molar-refractivity contribution in [3.63, 3.8) is 0 Å². The van der Waals surface area contributed by atoms with Crippen LogP contribution in [-0.2, 0) is 4.79 Å². The normalized spacial score (nSPS) is 18.0. The fraction of sp³-hybridized carbons (Fsp3) is 0.357. The molecule has 3 rings (SSSR count). The Balaban J connectivity index is 0.00000161. The van der Waals surface area contributed by atoms with Crippen LogP contribution in [0.15, 0.2) is 30.6 Å². The number of halogens is 1. The van der Waals surface area contributed by atoms with Gasteiger partial charge in [-0.25, -0.2) is 0 Å². The maximum atomic E-state index is 12.0. The lowest BCUT2D eigenvalue weighted by Crippen LogP contribution is -2.39. The number of hydrogen-bond donors (Lipinski definition) is 2. The zero-order chi connectivity index (χ0) is 13.8. The first-order valence-corrected chi connectivity index (χ1v) is 7.78. The first-order chi connectivity index (χ1) is 9.81. The molecule has 0 bridgehead atoms. The predicted molar refractivity (Wildman–Crippen MR) is 89.1 cm³/mol. The first-order valence-electron chi connectivity index (χ1n) is 6.63. The molecule has 5 nitrogen and oxygen atoms in total. The SMILES string of the molecule is Cl.O=C(CC1CSCCN1)Nc1ccc2nccnc2c1. The summed E-state index contributed by atoms with van der Waals surface area (Å²) in [6, 6.07) is 5.85. The Hall–Kier alpha value is -1.37. The van der Waals surface area contributed by atoms with Crippen molar-refractivity contribution in [1.82, 2.24) is 15.3 Å². The molecule has 0 saturated carbocycles. The van der Waals surface area contributed by atoms with Gasteiger partial charge in [0, 0.05) is 48.6 Å². The fourth-order valence-electron chi connectivity index (χ4n) is 2.23. The highest BCUT2D eigenvalue weighted by atomic mass is 35.5. The topological polar surface area (TPSA) is 66.9 Å². The van der Waals surface area contributed by atoms with Crippen molar-refractivity contribution in [2.75, 3.05) is 23.4 Å². The van der Waals surface area contributed by atoms with Crippen molar-refractivity contribution in [2.45, 2.75) is 12.5 Å². The van der Waals surface area contributed by atoms with Gasteiger partial charge in [-0.2, -0.15) is 11.8 Å². The van der Waals surface area contributed by atoms with Gasteiger partial charge in [-0.1, -0.05) is 0 Å². The number of amides is 1. The second-order valence-electron chi connectivity index (χ2n) is 4.74. The van der Waals surface area contributed by atoms with E-state index in [2.05, 4.69) is 20.6 Å². The number of carbonyl (C=O) groups is 1. The summed E-state index contributed by atoms with van der Waals surface area (Å²) in [5, 5.41) is 6.29. The zero-order valence-electron chi connectivity index (χ0n) is 11.4. The number of benzene rings is 1. The number of anilines is 1. The first kappa shape index (κ1) is 16.0. The monoisotopic (exact) mass is 324 g/mol. The molecule has 2 aromatic rings. The third-order valence-electron chi connectivity index (χ3n) is 3.18. The van der Waals surface area contributed by atoms with E-state index in [-0.39, 0.29) is 24.4 Å². The van der Waals surface area contributed by atoms with Gasteiger partial charge in [-0.15, -0.1) is 12.4 Å². The van der Waals surface area contributed by atoms with Crippen LogP contribution in [0.1, 0.15) is 6.42 Å². The molecule has 1 aromatic heterocycles. The number of fused-ring (bicyclic) bond motifs is 1. The Morgan fingerprint density at radius 3 is 2.90 bits per heavy atom. The van der Waals surface area contributed by atoms with Crippen LogP contribution < -0.4 is 10.6 Å². The predicted octanol–water partition coefficient (Wildman–Crippen LogP) is 2.09. The summed E-state index contributed by atoms with van der Waals surface area (Å²) < 4.78 is 0. The molecule has 1 aliphatic rings. The molecule has 1 fully saturated rings. The summed E-state index contributed by atoms with van der Waals surface area (Å²) in [6.07, 6.45) is 3.82. The Labute approximate surface area is 133 Å². The minimum absolute atomic E-state index is 0. The van der Waals surface area contributed by atoms with Gasteiger partial charge in [0.05, 0.1) is 11.0 Å². The molecule has 1 unspecified atom stereocenters. The highest BCUT2D eigenvalue weighted by molar-refractivity contribution is 7.99. The number of rotatable bonds is 3. The third kappa shape index (κ3) is 4.30. The van der Waals surface area contributed by atoms with Crippen LogP contribution in [-0.4, -0.2) is 40.0 Å². The van der Waals surface area contributed by atoms with Crippen LogP contribution in [0.2, 0.25) is 0 Å². The molecule has 21 heavy (non-hydrogen) atoms. The molecule has 0 spiro atoms. The van der Waals surface area contributed by atoms with Gasteiger partial charge in [0.25, 0.3) is 0 Å². The third-order valence-corrected chi connectivity index (χ3v) is 4.31. The van der Waals surface area contributed by atoms with Crippen molar-refractivity contribution >= 4 is 46.8 Å². The number of aromatic nitrogens is 2. The number of nitrogens with one attached hydrogen (secondary N) is 2. The van der Waals surface area contributed by atoms with E-state index in [0.29, 0.717) is 6.42 Å². The van der Waals surface area contributed by atoms with Crippen molar-refractivity contribution in [2.24, 2.45) is 0 Å². The van der Waals surface area contributed by atoms with E-state index in [0.717, 1.165) is 34.8 Å². The van der Waals surface area contributed by atoms with E-state index in [1.165, 1.54) is 0 Å². The summed E-state index contributed by atoms with van der Waals surface area (Å²) in [6.45, 7) is 0.980. The molecular weight excluding hydrogens is 308 g/mol.